The second kappa shape index (κ2) is 7.95. The molecule has 1 unspecified atom stereocenters. The van der Waals surface area contributed by atoms with Crippen molar-refractivity contribution in [2.24, 2.45) is 0 Å². The van der Waals surface area contributed by atoms with Gasteiger partial charge in [-0.25, -0.2) is 0 Å². The van der Waals surface area contributed by atoms with Crippen LogP contribution in [0.3, 0.4) is 0 Å². The molecule has 0 aliphatic heterocycles. The van der Waals surface area contributed by atoms with Gasteiger partial charge >= 0.3 is 0 Å². The summed E-state index contributed by atoms with van der Waals surface area (Å²) in [7, 11) is 3.25. The van der Waals surface area contributed by atoms with Gasteiger partial charge in [0.05, 0.1) is 14.2 Å². The van der Waals surface area contributed by atoms with E-state index >= 15 is 0 Å². The summed E-state index contributed by atoms with van der Waals surface area (Å²) in [5, 5.41) is 12.5. The van der Waals surface area contributed by atoms with Crippen molar-refractivity contribution < 1.29 is 14.6 Å². The van der Waals surface area contributed by atoms with Crippen molar-refractivity contribution in [3.05, 3.63) is 23.8 Å². The molecule has 0 heterocycles. The Hall–Kier alpha value is -1.26. The molecule has 0 aliphatic carbocycles. The van der Waals surface area contributed by atoms with E-state index in [0.717, 1.165) is 30.0 Å². The summed E-state index contributed by atoms with van der Waals surface area (Å²) in [5.74, 6) is 1.44. The zero-order valence-corrected chi connectivity index (χ0v) is 11.4. The van der Waals surface area contributed by atoms with Crippen molar-refractivity contribution in [2.45, 2.75) is 25.8 Å². The summed E-state index contributed by atoms with van der Waals surface area (Å²) >= 11 is 0. The molecule has 0 bridgehead atoms. The minimum absolute atomic E-state index is 0.148. The Bertz CT molecular complexity index is 355. The van der Waals surface area contributed by atoms with Crippen LogP contribution in [0.25, 0.3) is 0 Å². The Balaban J connectivity index is 2.89. The molecular weight excluding hydrogens is 230 g/mol. The summed E-state index contributed by atoms with van der Waals surface area (Å²) < 4.78 is 10.5. The van der Waals surface area contributed by atoms with Crippen molar-refractivity contribution in [3.8, 4) is 11.5 Å². The van der Waals surface area contributed by atoms with Crippen LogP contribution in [0, 0.1) is 0 Å². The predicted molar refractivity (Wildman–Crippen MR) is 72.3 cm³/mol. The van der Waals surface area contributed by atoms with Crippen molar-refractivity contribution in [1.29, 1.82) is 0 Å². The normalized spacial score (nSPS) is 12.2. The average Bonchev–Trinajstić information content (AvgIpc) is 2.42. The van der Waals surface area contributed by atoms with Gasteiger partial charge in [0.25, 0.3) is 0 Å². The number of hydrogen-bond donors (Lipinski definition) is 2. The minimum Gasteiger partial charge on any atom is -0.493 e. The van der Waals surface area contributed by atoms with Crippen molar-refractivity contribution in [3.63, 3.8) is 0 Å². The summed E-state index contributed by atoms with van der Waals surface area (Å²) in [6, 6.07) is 6.01. The topological polar surface area (TPSA) is 50.7 Å². The zero-order chi connectivity index (χ0) is 13.4. The van der Waals surface area contributed by atoms with Crippen LogP contribution in [0.2, 0.25) is 0 Å². The van der Waals surface area contributed by atoms with Gasteiger partial charge < -0.3 is 19.9 Å². The molecule has 102 valence electrons. The number of aliphatic hydroxyl groups is 1. The van der Waals surface area contributed by atoms with E-state index in [1.54, 1.807) is 14.2 Å². The fourth-order valence-corrected chi connectivity index (χ4v) is 1.90. The molecule has 4 nitrogen and oxygen atoms in total. The smallest absolute Gasteiger partial charge is 0.161 e. The van der Waals surface area contributed by atoms with E-state index in [0.29, 0.717) is 6.42 Å². The lowest BCUT2D eigenvalue weighted by molar-refractivity contribution is 0.265. The second-order valence-corrected chi connectivity index (χ2v) is 4.13. The van der Waals surface area contributed by atoms with Crippen molar-refractivity contribution in [1.82, 2.24) is 5.32 Å². The van der Waals surface area contributed by atoms with Gasteiger partial charge in [0, 0.05) is 12.6 Å². The highest BCUT2D eigenvalue weighted by Crippen LogP contribution is 2.30. The SMILES string of the molecule is CCCNC(CCO)c1ccc(OC)c(OC)c1. The Morgan fingerprint density at radius 3 is 2.50 bits per heavy atom. The number of hydrogen-bond acceptors (Lipinski definition) is 4. The largest absolute Gasteiger partial charge is 0.493 e. The van der Waals surface area contributed by atoms with E-state index in [-0.39, 0.29) is 12.6 Å². The quantitative estimate of drug-likeness (QED) is 0.745. The summed E-state index contributed by atoms with van der Waals surface area (Å²) in [6.45, 7) is 3.21. The monoisotopic (exact) mass is 253 g/mol. The van der Waals surface area contributed by atoms with E-state index in [1.807, 2.05) is 18.2 Å². The molecule has 1 atom stereocenters. The lowest BCUT2D eigenvalue weighted by Crippen LogP contribution is -2.23. The van der Waals surface area contributed by atoms with Gasteiger partial charge in [-0.15, -0.1) is 0 Å². The number of rotatable bonds is 8. The number of ether oxygens (including phenoxy) is 2. The average molecular weight is 253 g/mol. The van der Waals surface area contributed by atoms with Crippen LogP contribution in [-0.2, 0) is 0 Å². The van der Waals surface area contributed by atoms with Crippen LogP contribution in [0.4, 0.5) is 0 Å². The molecule has 0 amide bonds. The molecule has 1 aromatic carbocycles. The van der Waals surface area contributed by atoms with E-state index < -0.39 is 0 Å². The summed E-state index contributed by atoms with van der Waals surface area (Å²) in [6.07, 6.45) is 1.75. The van der Waals surface area contributed by atoms with Crippen LogP contribution in [0.1, 0.15) is 31.4 Å². The molecule has 1 rings (SSSR count). The fraction of sp³-hybridized carbons (Fsp3) is 0.571. The lowest BCUT2D eigenvalue weighted by atomic mass is 10.0. The molecule has 0 aliphatic rings. The molecule has 0 spiro atoms. The fourth-order valence-electron chi connectivity index (χ4n) is 1.90. The highest BCUT2D eigenvalue weighted by Gasteiger charge is 2.13. The molecule has 0 aromatic heterocycles. The van der Waals surface area contributed by atoms with E-state index in [1.165, 1.54) is 0 Å². The second-order valence-electron chi connectivity index (χ2n) is 4.13. The molecule has 2 N–H and O–H groups in total. The van der Waals surface area contributed by atoms with Crippen molar-refractivity contribution >= 4 is 0 Å². The van der Waals surface area contributed by atoms with Gasteiger partial charge in [0.2, 0.25) is 0 Å². The first-order valence-corrected chi connectivity index (χ1v) is 6.33. The van der Waals surface area contributed by atoms with Crippen molar-refractivity contribution in [2.75, 3.05) is 27.4 Å². The van der Waals surface area contributed by atoms with Gasteiger partial charge in [0.1, 0.15) is 0 Å². The maximum Gasteiger partial charge on any atom is 0.161 e. The van der Waals surface area contributed by atoms with Crippen LogP contribution in [-0.4, -0.2) is 32.5 Å². The summed E-state index contributed by atoms with van der Waals surface area (Å²) in [5.41, 5.74) is 1.11. The van der Waals surface area contributed by atoms with Gasteiger partial charge in [0.15, 0.2) is 11.5 Å². The zero-order valence-electron chi connectivity index (χ0n) is 11.4. The van der Waals surface area contributed by atoms with E-state index in [4.69, 9.17) is 14.6 Å². The molecule has 0 radical (unpaired) electrons. The molecule has 18 heavy (non-hydrogen) atoms. The minimum atomic E-state index is 0.148. The standard InChI is InChI=1S/C14H23NO3/c1-4-8-15-12(7-9-16)11-5-6-13(17-2)14(10-11)18-3/h5-6,10,12,15-16H,4,7-9H2,1-3H3. The predicted octanol–water partition coefficient (Wildman–Crippen LogP) is 2.13. The molecule has 0 saturated heterocycles. The van der Waals surface area contributed by atoms with Gasteiger partial charge in [-0.05, 0) is 37.1 Å². The molecular formula is C14H23NO3. The summed E-state index contributed by atoms with van der Waals surface area (Å²) in [4.78, 5) is 0. The molecule has 1 aromatic rings. The van der Waals surface area contributed by atoms with Gasteiger partial charge in [-0.3, -0.25) is 0 Å². The number of nitrogens with one attached hydrogen (secondary N) is 1. The number of aliphatic hydroxyl groups excluding tert-OH is 1. The van der Waals surface area contributed by atoms with Crippen LogP contribution < -0.4 is 14.8 Å². The highest BCUT2D eigenvalue weighted by molar-refractivity contribution is 5.43. The molecule has 4 heteroatoms. The van der Waals surface area contributed by atoms with Gasteiger partial charge in [-0.1, -0.05) is 13.0 Å². The Labute approximate surface area is 109 Å². The lowest BCUT2D eigenvalue weighted by Gasteiger charge is -2.19. The first-order valence-electron chi connectivity index (χ1n) is 6.33. The first-order chi connectivity index (χ1) is 8.76. The molecule has 0 saturated carbocycles. The molecule has 0 fully saturated rings. The third-order valence-corrected chi connectivity index (χ3v) is 2.87. The van der Waals surface area contributed by atoms with Gasteiger partial charge in [-0.2, -0.15) is 0 Å². The third-order valence-electron chi connectivity index (χ3n) is 2.87. The van der Waals surface area contributed by atoms with Crippen LogP contribution in [0.5, 0.6) is 11.5 Å². The van der Waals surface area contributed by atoms with E-state index in [9.17, 15) is 0 Å². The third kappa shape index (κ3) is 3.89. The van der Waals surface area contributed by atoms with Crippen LogP contribution in [0.15, 0.2) is 18.2 Å². The Morgan fingerprint density at radius 2 is 1.94 bits per heavy atom. The van der Waals surface area contributed by atoms with E-state index in [2.05, 4.69) is 12.2 Å². The Morgan fingerprint density at radius 1 is 1.22 bits per heavy atom. The maximum atomic E-state index is 9.13. The Kier molecular flexibility index (Phi) is 6.54. The first kappa shape index (κ1) is 14.8. The maximum absolute atomic E-state index is 9.13. The highest BCUT2D eigenvalue weighted by atomic mass is 16.5. The number of methoxy groups -OCH3 is 2. The number of benzene rings is 1. The van der Waals surface area contributed by atoms with Crippen LogP contribution >= 0.6 is 0 Å².